The molecule has 1 amide bonds. The first-order valence-corrected chi connectivity index (χ1v) is 4.98. The molecule has 4 heteroatoms. The first kappa shape index (κ1) is 12.4. The van der Waals surface area contributed by atoms with Crippen molar-refractivity contribution in [3.05, 3.63) is 47.5 Å². The van der Waals surface area contributed by atoms with Gasteiger partial charge in [-0.05, 0) is 31.1 Å². The number of rotatable bonds is 4. The summed E-state index contributed by atoms with van der Waals surface area (Å²) in [6, 6.07) is 3.42. The molecule has 0 unspecified atom stereocenters. The van der Waals surface area contributed by atoms with Crippen LogP contribution in [0.25, 0.3) is 0 Å². The third-order valence-electron chi connectivity index (χ3n) is 2.03. The van der Waals surface area contributed by atoms with E-state index in [0.717, 1.165) is 6.07 Å². The van der Waals surface area contributed by atoms with Crippen molar-refractivity contribution in [1.29, 1.82) is 0 Å². The predicted octanol–water partition coefficient (Wildman–Crippen LogP) is 2.20. The van der Waals surface area contributed by atoms with Crippen molar-refractivity contribution in [3.8, 4) is 0 Å². The van der Waals surface area contributed by atoms with Crippen molar-refractivity contribution in [2.24, 2.45) is 0 Å². The molecular weight excluding hydrogens is 212 g/mol. The Morgan fingerprint density at radius 2 is 2.19 bits per heavy atom. The van der Waals surface area contributed by atoms with Gasteiger partial charge >= 0.3 is 0 Å². The SMILES string of the molecule is C/C=C/C(=O)NCCc1ccc(F)cc1F. The molecular formula is C12H13F2NO. The second-order valence-corrected chi connectivity index (χ2v) is 3.28. The summed E-state index contributed by atoms with van der Waals surface area (Å²) in [5, 5.41) is 2.59. The lowest BCUT2D eigenvalue weighted by atomic mass is 10.1. The van der Waals surface area contributed by atoms with E-state index in [1.165, 1.54) is 18.2 Å². The zero-order valence-electron chi connectivity index (χ0n) is 8.97. The highest BCUT2D eigenvalue weighted by Crippen LogP contribution is 2.09. The summed E-state index contributed by atoms with van der Waals surface area (Å²) in [6.07, 6.45) is 3.35. The minimum Gasteiger partial charge on any atom is -0.352 e. The van der Waals surface area contributed by atoms with E-state index >= 15 is 0 Å². The molecule has 0 spiro atoms. The molecule has 86 valence electrons. The molecule has 0 atom stereocenters. The third kappa shape index (κ3) is 3.81. The Hall–Kier alpha value is -1.71. The van der Waals surface area contributed by atoms with Crippen molar-refractivity contribution in [2.75, 3.05) is 6.54 Å². The maximum atomic E-state index is 13.2. The van der Waals surface area contributed by atoms with E-state index in [0.29, 0.717) is 18.5 Å². The molecule has 0 saturated heterocycles. The molecule has 1 aromatic rings. The second-order valence-electron chi connectivity index (χ2n) is 3.28. The number of carbonyl (C=O) groups excluding carboxylic acids is 1. The molecule has 16 heavy (non-hydrogen) atoms. The van der Waals surface area contributed by atoms with Gasteiger partial charge in [0.15, 0.2) is 0 Å². The smallest absolute Gasteiger partial charge is 0.243 e. The minimum atomic E-state index is -0.598. The van der Waals surface area contributed by atoms with Gasteiger partial charge in [-0.2, -0.15) is 0 Å². The molecule has 0 aromatic heterocycles. The lowest BCUT2D eigenvalue weighted by Crippen LogP contribution is -2.23. The fourth-order valence-electron chi connectivity index (χ4n) is 1.26. The average Bonchev–Trinajstić information content (AvgIpc) is 2.22. The van der Waals surface area contributed by atoms with Crippen LogP contribution < -0.4 is 5.32 Å². The standard InChI is InChI=1S/C12H13F2NO/c1-2-3-12(16)15-7-6-9-4-5-10(13)8-11(9)14/h2-5,8H,6-7H2,1H3,(H,15,16)/b3-2+. The fourth-order valence-corrected chi connectivity index (χ4v) is 1.26. The number of amides is 1. The summed E-state index contributed by atoms with van der Waals surface area (Å²) in [6.45, 7) is 2.06. The molecule has 0 saturated carbocycles. The Kier molecular flexibility index (Phi) is 4.64. The lowest BCUT2D eigenvalue weighted by molar-refractivity contribution is -0.116. The van der Waals surface area contributed by atoms with Gasteiger partial charge < -0.3 is 5.32 Å². The fraction of sp³-hybridized carbons (Fsp3) is 0.250. The van der Waals surface area contributed by atoms with Crippen LogP contribution >= 0.6 is 0 Å². The minimum absolute atomic E-state index is 0.218. The highest BCUT2D eigenvalue weighted by molar-refractivity contribution is 5.87. The van der Waals surface area contributed by atoms with E-state index in [-0.39, 0.29) is 5.91 Å². The van der Waals surface area contributed by atoms with E-state index in [4.69, 9.17) is 0 Å². The topological polar surface area (TPSA) is 29.1 Å². The van der Waals surface area contributed by atoms with Crippen LogP contribution in [0.2, 0.25) is 0 Å². The monoisotopic (exact) mass is 225 g/mol. The van der Waals surface area contributed by atoms with Gasteiger partial charge in [-0.3, -0.25) is 4.79 Å². The quantitative estimate of drug-likeness (QED) is 0.782. The van der Waals surface area contributed by atoms with Gasteiger partial charge in [0.1, 0.15) is 11.6 Å². The summed E-state index contributed by atoms with van der Waals surface area (Å²) < 4.78 is 25.7. The van der Waals surface area contributed by atoms with Crippen molar-refractivity contribution in [3.63, 3.8) is 0 Å². The molecule has 0 heterocycles. The van der Waals surface area contributed by atoms with Gasteiger partial charge in [0.05, 0.1) is 0 Å². The number of halogens is 2. The number of nitrogens with one attached hydrogen (secondary N) is 1. The van der Waals surface area contributed by atoms with Gasteiger partial charge in [-0.1, -0.05) is 12.1 Å². The second kappa shape index (κ2) is 6.00. The maximum absolute atomic E-state index is 13.2. The van der Waals surface area contributed by atoms with Crippen LogP contribution in [-0.2, 0) is 11.2 Å². The lowest BCUT2D eigenvalue weighted by Gasteiger charge is -2.04. The van der Waals surface area contributed by atoms with E-state index < -0.39 is 11.6 Å². The zero-order chi connectivity index (χ0) is 12.0. The maximum Gasteiger partial charge on any atom is 0.243 e. The summed E-state index contributed by atoms with van der Waals surface area (Å²) in [4.78, 5) is 11.0. The first-order valence-electron chi connectivity index (χ1n) is 4.98. The number of carbonyl (C=O) groups is 1. The van der Waals surface area contributed by atoms with Crippen LogP contribution in [0.3, 0.4) is 0 Å². The summed E-state index contributed by atoms with van der Waals surface area (Å²) in [7, 11) is 0. The van der Waals surface area contributed by atoms with Crippen molar-refractivity contribution in [1.82, 2.24) is 5.32 Å². The van der Waals surface area contributed by atoms with Gasteiger partial charge in [-0.25, -0.2) is 8.78 Å². The molecule has 0 fully saturated rings. The zero-order valence-corrected chi connectivity index (χ0v) is 8.97. The average molecular weight is 225 g/mol. The largest absolute Gasteiger partial charge is 0.352 e. The molecule has 1 aromatic carbocycles. The first-order chi connectivity index (χ1) is 7.63. The number of hydrogen-bond donors (Lipinski definition) is 1. The summed E-state index contributed by atoms with van der Waals surface area (Å²) >= 11 is 0. The van der Waals surface area contributed by atoms with E-state index in [1.54, 1.807) is 13.0 Å². The number of allylic oxidation sites excluding steroid dienone is 1. The van der Waals surface area contributed by atoms with Gasteiger partial charge in [0.25, 0.3) is 0 Å². The molecule has 1 N–H and O–H groups in total. The van der Waals surface area contributed by atoms with Crippen molar-refractivity contribution < 1.29 is 13.6 Å². The van der Waals surface area contributed by atoms with Crippen LogP contribution in [0.15, 0.2) is 30.4 Å². The number of benzene rings is 1. The van der Waals surface area contributed by atoms with Crippen LogP contribution in [0, 0.1) is 11.6 Å². The van der Waals surface area contributed by atoms with Gasteiger partial charge in [0.2, 0.25) is 5.91 Å². The molecule has 0 aliphatic heterocycles. The molecule has 0 aliphatic carbocycles. The summed E-state index contributed by atoms with van der Waals surface area (Å²) in [5.41, 5.74) is 0.391. The Labute approximate surface area is 93.0 Å². The van der Waals surface area contributed by atoms with E-state index in [2.05, 4.69) is 5.32 Å². The Morgan fingerprint density at radius 1 is 1.44 bits per heavy atom. The molecule has 2 nitrogen and oxygen atoms in total. The van der Waals surface area contributed by atoms with Crippen LogP contribution in [0.5, 0.6) is 0 Å². The molecule has 0 bridgehead atoms. The van der Waals surface area contributed by atoms with Gasteiger partial charge in [-0.15, -0.1) is 0 Å². The molecule has 0 aliphatic rings. The Morgan fingerprint density at radius 3 is 2.81 bits per heavy atom. The predicted molar refractivity (Wildman–Crippen MR) is 57.9 cm³/mol. The van der Waals surface area contributed by atoms with E-state index in [9.17, 15) is 13.6 Å². The normalized spacial score (nSPS) is 10.7. The Balaban J connectivity index is 2.46. The summed E-state index contributed by atoms with van der Waals surface area (Å²) in [5.74, 6) is -1.40. The van der Waals surface area contributed by atoms with Gasteiger partial charge in [0, 0.05) is 12.6 Å². The van der Waals surface area contributed by atoms with Crippen molar-refractivity contribution in [2.45, 2.75) is 13.3 Å². The van der Waals surface area contributed by atoms with Crippen molar-refractivity contribution >= 4 is 5.91 Å². The Bertz CT molecular complexity index is 402. The van der Waals surface area contributed by atoms with Crippen LogP contribution in [0.4, 0.5) is 8.78 Å². The molecule has 0 radical (unpaired) electrons. The highest BCUT2D eigenvalue weighted by atomic mass is 19.1. The third-order valence-corrected chi connectivity index (χ3v) is 2.03. The highest BCUT2D eigenvalue weighted by Gasteiger charge is 2.03. The molecule has 1 rings (SSSR count). The van der Waals surface area contributed by atoms with Crippen LogP contribution in [0.1, 0.15) is 12.5 Å². The van der Waals surface area contributed by atoms with Crippen LogP contribution in [-0.4, -0.2) is 12.5 Å². The van der Waals surface area contributed by atoms with E-state index in [1.807, 2.05) is 0 Å². The number of hydrogen-bond acceptors (Lipinski definition) is 1.